The zero-order chi connectivity index (χ0) is 20.0. The van der Waals surface area contributed by atoms with E-state index in [1.807, 2.05) is 25.1 Å². The molecule has 4 aromatic rings. The van der Waals surface area contributed by atoms with Gasteiger partial charge in [0.25, 0.3) is 0 Å². The van der Waals surface area contributed by atoms with E-state index < -0.39 is 0 Å². The highest BCUT2D eigenvalue weighted by Crippen LogP contribution is 2.29. The van der Waals surface area contributed by atoms with Crippen molar-refractivity contribution in [2.75, 3.05) is 36.0 Å². The smallest absolute Gasteiger partial charge is 0.157 e. The summed E-state index contributed by atoms with van der Waals surface area (Å²) in [7, 11) is 0. The number of aromatic nitrogens is 2. The summed E-state index contributed by atoms with van der Waals surface area (Å²) in [4.78, 5) is 9.63. The Bertz CT molecular complexity index is 1240. The molecule has 1 aliphatic heterocycles. The SMILES string of the molecule is Cc1ccc(N2CCN(c3cc(C)c(C#N)c4nc5ccccc5n34)CC2)cc1. The molecule has 1 fully saturated rings. The van der Waals surface area contributed by atoms with Crippen molar-refractivity contribution < 1.29 is 0 Å². The predicted molar refractivity (Wildman–Crippen MR) is 118 cm³/mol. The molecule has 0 amide bonds. The summed E-state index contributed by atoms with van der Waals surface area (Å²) in [5, 5.41) is 9.70. The van der Waals surface area contributed by atoms with Gasteiger partial charge < -0.3 is 9.80 Å². The molecule has 5 nitrogen and oxygen atoms in total. The van der Waals surface area contributed by atoms with E-state index in [0.717, 1.165) is 54.2 Å². The summed E-state index contributed by atoms with van der Waals surface area (Å²) in [5.74, 6) is 1.12. The van der Waals surface area contributed by atoms with Crippen LogP contribution in [0.4, 0.5) is 11.5 Å². The van der Waals surface area contributed by atoms with Crippen LogP contribution in [0.1, 0.15) is 16.7 Å². The molecular formula is C24H23N5. The number of nitriles is 1. The summed E-state index contributed by atoms with van der Waals surface area (Å²) in [5.41, 5.74) is 6.93. The Kier molecular flexibility index (Phi) is 4.13. The normalized spacial score (nSPS) is 14.5. The molecule has 0 aliphatic carbocycles. The molecule has 3 heterocycles. The summed E-state index contributed by atoms with van der Waals surface area (Å²) in [6.07, 6.45) is 0. The highest BCUT2D eigenvalue weighted by Gasteiger charge is 2.22. The Morgan fingerprint density at radius 2 is 1.59 bits per heavy atom. The monoisotopic (exact) mass is 381 g/mol. The second kappa shape index (κ2) is 6.82. The quantitative estimate of drug-likeness (QED) is 0.519. The van der Waals surface area contributed by atoms with Crippen LogP contribution in [0.15, 0.2) is 54.6 Å². The Hall–Kier alpha value is -3.52. The summed E-state index contributed by atoms with van der Waals surface area (Å²) < 4.78 is 2.16. The number of aryl methyl sites for hydroxylation is 2. The standard InChI is InChI=1S/C24H23N5/c1-17-7-9-19(10-8-17)27-11-13-28(14-12-27)23-15-18(2)20(16-25)24-26-21-5-3-4-6-22(21)29(23)24/h3-10,15H,11-14H2,1-2H3. The molecule has 0 saturated carbocycles. The van der Waals surface area contributed by atoms with Crippen LogP contribution in [0, 0.1) is 25.2 Å². The minimum absolute atomic E-state index is 0.656. The maximum absolute atomic E-state index is 9.70. The third-order valence-electron chi connectivity index (χ3n) is 5.87. The summed E-state index contributed by atoms with van der Waals surface area (Å²) >= 11 is 0. The van der Waals surface area contributed by atoms with Crippen LogP contribution in [0.5, 0.6) is 0 Å². The van der Waals surface area contributed by atoms with Gasteiger partial charge in [-0.2, -0.15) is 5.26 Å². The molecule has 29 heavy (non-hydrogen) atoms. The van der Waals surface area contributed by atoms with E-state index >= 15 is 0 Å². The van der Waals surface area contributed by atoms with Gasteiger partial charge in [0.05, 0.1) is 16.6 Å². The minimum atomic E-state index is 0.656. The Balaban J connectivity index is 1.54. The number of imidazole rings is 1. The molecule has 0 bridgehead atoms. The predicted octanol–water partition coefficient (Wildman–Crippen LogP) is 4.30. The van der Waals surface area contributed by atoms with Gasteiger partial charge in [-0.3, -0.25) is 4.40 Å². The van der Waals surface area contributed by atoms with Gasteiger partial charge in [-0.1, -0.05) is 29.8 Å². The third kappa shape index (κ3) is 2.89. The highest BCUT2D eigenvalue weighted by atomic mass is 15.3. The average molecular weight is 381 g/mol. The molecule has 0 N–H and O–H groups in total. The van der Waals surface area contributed by atoms with Gasteiger partial charge in [-0.15, -0.1) is 0 Å². The van der Waals surface area contributed by atoms with Gasteiger partial charge in [-0.05, 0) is 49.7 Å². The third-order valence-corrected chi connectivity index (χ3v) is 5.87. The van der Waals surface area contributed by atoms with Crippen molar-refractivity contribution in [3.63, 3.8) is 0 Å². The number of nitrogens with zero attached hydrogens (tertiary/aromatic N) is 5. The lowest BCUT2D eigenvalue weighted by atomic mass is 10.1. The van der Waals surface area contributed by atoms with Gasteiger partial charge in [0.2, 0.25) is 0 Å². The zero-order valence-corrected chi connectivity index (χ0v) is 16.8. The zero-order valence-electron chi connectivity index (χ0n) is 16.8. The van der Waals surface area contributed by atoms with Crippen LogP contribution >= 0.6 is 0 Å². The first-order valence-electron chi connectivity index (χ1n) is 10.0. The summed E-state index contributed by atoms with van der Waals surface area (Å²) in [6, 6.07) is 21.4. The molecular weight excluding hydrogens is 358 g/mol. The van der Waals surface area contributed by atoms with Crippen molar-refractivity contribution in [1.29, 1.82) is 5.26 Å². The van der Waals surface area contributed by atoms with Crippen molar-refractivity contribution in [3.8, 4) is 6.07 Å². The fourth-order valence-corrected chi connectivity index (χ4v) is 4.25. The van der Waals surface area contributed by atoms with Crippen LogP contribution < -0.4 is 9.80 Å². The van der Waals surface area contributed by atoms with Gasteiger partial charge in [0.15, 0.2) is 5.65 Å². The van der Waals surface area contributed by atoms with E-state index in [0.29, 0.717) is 5.56 Å². The second-order valence-corrected chi connectivity index (χ2v) is 7.74. The molecule has 2 aromatic heterocycles. The molecule has 0 radical (unpaired) electrons. The summed E-state index contributed by atoms with van der Waals surface area (Å²) in [6.45, 7) is 7.92. The molecule has 144 valence electrons. The Morgan fingerprint density at radius 1 is 0.897 bits per heavy atom. The van der Waals surface area contributed by atoms with Gasteiger partial charge in [-0.25, -0.2) is 4.98 Å². The van der Waals surface area contributed by atoms with E-state index in [1.165, 1.54) is 11.3 Å². The topological polar surface area (TPSA) is 47.6 Å². The van der Waals surface area contributed by atoms with E-state index in [-0.39, 0.29) is 0 Å². The van der Waals surface area contributed by atoms with Crippen LogP contribution in [-0.2, 0) is 0 Å². The first-order chi connectivity index (χ1) is 14.2. The number of para-hydroxylation sites is 2. The van der Waals surface area contributed by atoms with E-state index in [1.54, 1.807) is 0 Å². The molecule has 5 rings (SSSR count). The number of hydrogen-bond acceptors (Lipinski definition) is 4. The van der Waals surface area contributed by atoms with Crippen LogP contribution in [0.2, 0.25) is 0 Å². The van der Waals surface area contributed by atoms with Crippen LogP contribution in [-0.4, -0.2) is 35.6 Å². The van der Waals surface area contributed by atoms with Crippen molar-refractivity contribution in [2.45, 2.75) is 13.8 Å². The van der Waals surface area contributed by atoms with E-state index in [2.05, 4.69) is 63.6 Å². The maximum Gasteiger partial charge on any atom is 0.157 e. The number of pyridine rings is 1. The largest absolute Gasteiger partial charge is 0.368 e. The molecule has 0 atom stereocenters. The van der Waals surface area contributed by atoms with Crippen molar-refractivity contribution in [2.24, 2.45) is 0 Å². The van der Waals surface area contributed by atoms with Crippen LogP contribution in [0.3, 0.4) is 0 Å². The minimum Gasteiger partial charge on any atom is -0.368 e. The lowest BCUT2D eigenvalue weighted by Crippen LogP contribution is -2.47. The molecule has 2 aromatic carbocycles. The molecule has 5 heteroatoms. The Labute approximate surface area is 170 Å². The number of hydrogen-bond donors (Lipinski definition) is 0. The number of piperazine rings is 1. The van der Waals surface area contributed by atoms with Gasteiger partial charge in [0, 0.05) is 31.9 Å². The number of rotatable bonds is 2. The molecule has 0 spiro atoms. The average Bonchev–Trinajstić information content (AvgIpc) is 3.13. The first-order valence-corrected chi connectivity index (χ1v) is 10.0. The first kappa shape index (κ1) is 17.6. The van der Waals surface area contributed by atoms with Crippen LogP contribution in [0.25, 0.3) is 16.7 Å². The lowest BCUT2D eigenvalue weighted by Gasteiger charge is -2.37. The fourth-order valence-electron chi connectivity index (χ4n) is 4.25. The van der Waals surface area contributed by atoms with Crippen molar-refractivity contribution >= 4 is 28.2 Å². The molecule has 0 unspecified atom stereocenters. The molecule has 1 saturated heterocycles. The molecule has 1 aliphatic rings. The highest BCUT2D eigenvalue weighted by molar-refractivity contribution is 5.85. The van der Waals surface area contributed by atoms with E-state index in [4.69, 9.17) is 4.98 Å². The Morgan fingerprint density at radius 3 is 2.31 bits per heavy atom. The van der Waals surface area contributed by atoms with Crippen molar-refractivity contribution in [1.82, 2.24) is 9.38 Å². The number of benzene rings is 2. The number of anilines is 2. The maximum atomic E-state index is 9.70. The van der Waals surface area contributed by atoms with Crippen molar-refractivity contribution in [3.05, 3.63) is 71.3 Å². The van der Waals surface area contributed by atoms with Gasteiger partial charge in [0.1, 0.15) is 11.9 Å². The fraction of sp³-hybridized carbons (Fsp3) is 0.250. The van der Waals surface area contributed by atoms with E-state index in [9.17, 15) is 5.26 Å². The second-order valence-electron chi connectivity index (χ2n) is 7.74. The number of fused-ring (bicyclic) bond motifs is 3. The van der Waals surface area contributed by atoms with Gasteiger partial charge >= 0.3 is 0 Å². The lowest BCUT2D eigenvalue weighted by molar-refractivity contribution is 0.645.